The number of hydrogen-bond donors (Lipinski definition) is 2. The predicted molar refractivity (Wildman–Crippen MR) is 114 cm³/mol. The standard InChI is InChI=1S/C20H28N6S/c1-5-14-6-8-15(9-7-14)16-17(23-20(2,3)4)26-18(22-16)27-19(24-26)25-12-10-21-11-13-25/h6-9,21,23H,5,10-13H2,1-4H3. The van der Waals surface area contributed by atoms with Gasteiger partial charge in [0.1, 0.15) is 5.69 Å². The molecule has 1 saturated heterocycles. The van der Waals surface area contributed by atoms with Crippen LogP contribution in [0, 0.1) is 0 Å². The van der Waals surface area contributed by atoms with Gasteiger partial charge in [-0.25, -0.2) is 4.98 Å². The first-order chi connectivity index (χ1) is 12.9. The van der Waals surface area contributed by atoms with Crippen molar-refractivity contribution >= 4 is 27.2 Å². The fourth-order valence-electron chi connectivity index (χ4n) is 3.29. The van der Waals surface area contributed by atoms with Crippen LogP contribution in [0.2, 0.25) is 0 Å². The molecule has 1 aliphatic rings. The summed E-state index contributed by atoms with van der Waals surface area (Å²) in [5.74, 6) is 0.972. The fourth-order valence-corrected chi connectivity index (χ4v) is 4.24. The molecule has 3 aromatic rings. The van der Waals surface area contributed by atoms with Crippen LogP contribution in [0.15, 0.2) is 24.3 Å². The van der Waals surface area contributed by atoms with Crippen molar-refractivity contribution in [3.63, 3.8) is 0 Å². The quantitative estimate of drug-likeness (QED) is 0.719. The molecule has 144 valence electrons. The van der Waals surface area contributed by atoms with E-state index >= 15 is 0 Å². The lowest BCUT2D eigenvalue weighted by Gasteiger charge is -2.26. The van der Waals surface area contributed by atoms with E-state index in [2.05, 4.69) is 67.5 Å². The summed E-state index contributed by atoms with van der Waals surface area (Å²) < 4.78 is 1.98. The Kier molecular flexibility index (Phi) is 4.82. The van der Waals surface area contributed by atoms with Crippen molar-refractivity contribution in [2.75, 3.05) is 36.4 Å². The maximum absolute atomic E-state index is 4.95. The van der Waals surface area contributed by atoms with Crippen LogP contribution in [0.1, 0.15) is 33.3 Å². The van der Waals surface area contributed by atoms with Gasteiger partial charge < -0.3 is 15.5 Å². The largest absolute Gasteiger partial charge is 0.364 e. The molecular weight excluding hydrogens is 356 g/mol. The number of nitrogens with one attached hydrogen (secondary N) is 2. The molecule has 7 heteroatoms. The number of rotatable bonds is 4. The van der Waals surface area contributed by atoms with Crippen LogP contribution in [-0.2, 0) is 6.42 Å². The summed E-state index contributed by atoms with van der Waals surface area (Å²) in [5, 5.41) is 13.0. The van der Waals surface area contributed by atoms with Gasteiger partial charge in [-0.15, -0.1) is 5.10 Å². The van der Waals surface area contributed by atoms with Gasteiger partial charge in [0.05, 0.1) is 0 Å². The molecule has 6 nitrogen and oxygen atoms in total. The zero-order chi connectivity index (χ0) is 19.0. The average molecular weight is 385 g/mol. The zero-order valence-corrected chi connectivity index (χ0v) is 17.4. The molecule has 0 saturated carbocycles. The summed E-state index contributed by atoms with van der Waals surface area (Å²) in [6.45, 7) is 12.7. The molecule has 0 spiro atoms. The number of aromatic nitrogens is 3. The van der Waals surface area contributed by atoms with Gasteiger partial charge in [0, 0.05) is 37.3 Å². The third kappa shape index (κ3) is 3.80. The molecular formula is C20H28N6S. The zero-order valence-electron chi connectivity index (χ0n) is 16.5. The highest BCUT2D eigenvalue weighted by atomic mass is 32.1. The highest BCUT2D eigenvalue weighted by Gasteiger charge is 2.24. The van der Waals surface area contributed by atoms with Crippen LogP contribution in [0.3, 0.4) is 0 Å². The Morgan fingerprint density at radius 2 is 1.85 bits per heavy atom. The van der Waals surface area contributed by atoms with Crippen molar-refractivity contribution in [1.29, 1.82) is 0 Å². The van der Waals surface area contributed by atoms with E-state index in [1.54, 1.807) is 11.3 Å². The van der Waals surface area contributed by atoms with Crippen molar-refractivity contribution in [2.45, 2.75) is 39.7 Å². The SMILES string of the molecule is CCc1ccc(-c2nc3sc(N4CCNCC4)nn3c2NC(C)(C)C)cc1. The van der Waals surface area contributed by atoms with Crippen LogP contribution in [0.5, 0.6) is 0 Å². The number of nitrogens with zero attached hydrogens (tertiary/aromatic N) is 4. The summed E-state index contributed by atoms with van der Waals surface area (Å²) in [5.41, 5.74) is 3.36. The Hall–Kier alpha value is -2.12. The van der Waals surface area contributed by atoms with Crippen molar-refractivity contribution in [3.05, 3.63) is 29.8 Å². The second-order valence-corrected chi connectivity index (χ2v) is 8.98. The van der Waals surface area contributed by atoms with Gasteiger partial charge in [-0.05, 0) is 32.8 Å². The summed E-state index contributed by atoms with van der Waals surface area (Å²) in [6, 6.07) is 8.69. The van der Waals surface area contributed by atoms with E-state index in [1.165, 1.54) is 5.56 Å². The maximum atomic E-state index is 4.95. The summed E-state index contributed by atoms with van der Waals surface area (Å²) in [7, 11) is 0. The molecule has 1 aromatic carbocycles. The minimum Gasteiger partial charge on any atom is -0.364 e. The first-order valence-electron chi connectivity index (χ1n) is 9.67. The fraction of sp³-hybridized carbons (Fsp3) is 0.500. The van der Waals surface area contributed by atoms with E-state index in [4.69, 9.17) is 10.1 Å². The lowest BCUT2D eigenvalue weighted by atomic mass is 10.1. The molecule has 0 unspecified atom stereocenters. The van der Waals surface area contributed by atoms with Crippen LogP contribution < -0.4 is 15.5 Å². The Balaban J connectivity index is 1.77. The van der Waals surface area contributed by atoms with E-state index in [1.807, 2.05) is 4.52 Å². The van der Waals surface area contributed by atoms with E-state index in [9.17, 15) is 0 Å². The lowest BCUT2D eigenvalue weighted by Crippen LogP contribution is -2.43. The Bertz CT molecular complexity index is 912. The normalized spacial score (nSPS) is 15.5. The van der Waals surface area contributed by atoms with E-state index < -0.39 is 0 Å². The van der Waals surface area contributed by atoms with Gasteiger partial charge in [0.2, 0.25) is 10.1 Å². The number of benzene rings is 1. The van der Waals surface area contributed by atoms with Crippen molar-refractivity contribution < 1.29 is 0 Å². The molecule has 27 heavy (non-hydrogen) atoms. The van der Waals surface area contributed by atoms with Crippen LogP contribution in [-0.4, -0.2) is 46.3 Å². The molecule has 4 rings (SSSR count). The molecule has 0 radical (unpaired) electrons. The second-order valence-electron chi connectivity index (χ2n) is 8.05. The third-order valence-electron chi connectivity index (χ3n) is 4.71. The van der Waals surface area contributed by atoms with Crippen molar-refractivity contribution in [1.82, 2.24) is 19.9 Å². The molecule has 3 heterocycles. The topological polar surface area (TPSA) is 57.5 Å². The van der Waals surface area contributed by atoms with Gasteiger partial charge in [0.15, 0.2) is 5.82 Å². The number of hydrogen-bond acceptors (Lipinski definition) is 6. The van der Waals surface area contributed by atoms with Crippen LogP contribution >= 0.6 is 11.3 Å². The third-order valence-corrected chi connectivity index (χ3v) is 5.68. The molecule has 1 aliphatic heterocycles. The highest BCUT2D eigenvalue weighted by Crippen LogP contribution is 2.35. The Morgan fingerprint density at radius 1 is 1.15 bits per heavy atom. The molecule has 0 bridgehead atoms. The molecule has 0 amide bonds. The monoisotopic (exact) mass is 384 g/mol. The molecule has 2 N–H and O–H groups in total. The smallest absolute Gasteiger partial charge is 0.216 e. The summed E-state index contributed by atoms with van der Waals surface area (Å²) in [6.07, 6.45) is 1.04. The first-order valence-corrected chi connectivity index (χ1v) is 10.5. The Labute approximate surface area is 164 Å². The van der Waals surface area contributed by atoms with Crippen LogP contribution in [0.25, 0.3) is 16.2 Å². The number of piperazine rings is 1. The predicted octanol–water partition coefficient (Wildman–Crippen LogP) is 3.64. The molecule has 1 fully saturated rings. The number of imidazole rings is 1. The maximum Gasteiger partial charge on any atom is 0.216 e. The summed E-state index contributed by atoms with van der Waals surface area (Å²) in [4.78, 5) is 8.23. The van der Waals surface area contributed by atoms with Gasteiger partial charge in [0.25, 0.3) is 0 Å². The highest BCUT2D eigenvalue weighted by molar-refractivity contribution is 7.20. The van der Waals surface area contributed by atoms with Crippen molar-refractivity contribution in [3.8, 4) is 11.3 Å². The Morgan fingerprint density at radius 3 is 2.48 bits per heavy atom. The van der Waals surface area contributed by atoms with Crippen molar-refractivity contribution in [2.24, 2.45) is 0 Å². The number of anilines is 2. The van der Waals surface area contributed by atoms with Gasteiger partial charge >= 0.3 is 0 Å². The minimum absolute atomic E-state index is 0.0765. The number of fused-ring (bicyclic) bond motifs is 1. The lowest BCUT2D eigenvalue weighted by molar-refractivity contribution is 0.585. The molecule has 0 atom stereocenters. The van der Waals surface area contributed by atoms with Gasteiger partial charge in [-0.2, -0.15) is 4.52 Å². The second kappa shape index (κ2) is 7.13. The van der Waals surface area contributed by atoms with Gasteiger partial charge in [-0.3, -0.25) is 0 Å². The average Bonchev–Trinajstić information content (AvgIpc) is 3.21. The number of aryl methyl sites for hydroxylation is 1. The molecule has 2 aromatic heterocycles. The van der Waals surface area contributed by atoms with E-state index in [-0.39, 0.29) is 5.54 Å². The first kappa shape index (κ1) is 18.3. The van der Waals surface area contributed by atoms with E-state index in [0.717, 1.165) is 59.8 Å². The van der Waals surface area contributed by atoms with E-state index in [0.29, 0.717) is 0 Å². The minimum atomic E-state index is -0.0765. The van der Waals surface area contributed by atoms with Crippen LogP contribution in [0.4, 0.5) is 10.9 Å². The summed E-state index contributed by atoms with van der Waals surface area (Å²) >= 11 is 1.67. The van der Waals surface area contributed by atoms with Gasteiger partial charge in [-0.1, -0.05) is 42.5 Å². The molecule has 0 aliphatic carbocycles.